The Kier molecular flexibility index (Phi) is 7.15. The summed E-state index contributed by atoms with van der Waals surface area (Å²) in [5, 5.41) is 2.91. The summed E-state index contributed by atoms with van der Waals surface area (Å²) in [6.45, 7) is 5.61. The second-order valence-electron chi connectivity index (χ2n) is 8.78. The highest BCUT2D eigenvalue weighted by Gasteiger charge is 2.37. The lowest BCUT2D eigenvalue weighted by Gasteiger charge is -2.36. The fourth-order valence-corrected chi connectivity index (χ4v) is 4.95. The molecule has 2 saturated heterocycles. The number of rotatable bonds is 7. The van der Waals surface area contributed by atoms with E-state index >= 15 is 0 Å². The van der Waals surface area contributed by atoms with E-state index in [9.17, 15) is 19.2 Å². The maximum Gasteiger partial charge on any atom is 0.409 e. The monoisotopic (exact) mass is 456 g/mol. The molecule has 0 saturated carbocycles. The van der Waals surface area contributed by atoms with Gasteiger partial charge >= 0.3 is 6.09 Å². The molecule has 0 spiro atoms. The van der Waals surface area contributed by atoms with Gasteiger partial charge in [-0.3, -0.25) is 14.4 Å². The van der Waals surface area contributed by atoms with Crippen molar-refractivity contribution in [3.8, 4) is 0 Å². The van der Waals surface area contributed by atoms with E-state index in [1.807, 2.05) is 21.9 Å². The average Bonchev–Trinajstić information content (AvgIpc) is 3.39. The Bertz CT molecular complexity index is 925. The van der Waals surface area contributed by atoms with Crippen molar-refractivity contribution in [1.29, 1.82) is 0 Å². The van der Waals surface area contributed by atoms with E-state index in [1.165, 1.54) is 0 Å². The van der Waals surface area contributed by atoms with Gasteiger partial charge in [0.25, 0.3) is 11.8 Å². The molecule has 9 heteroatoms. The van der Waals surface area contributed by atoms with Crippen LogP contribution in [0.15, 0.2) is 18.2 Å². The van der Waals surface area contributed by atoms with Crippen molar-refractivity contribution in [2.24, 2.45) is 0 Å². The molecule has 1 aromatic rings. The summed E-state index contributed by atoms with van der Waals surface area (Å²) >= 11 is 0. The minimum Gasteiger partial charge on any atom is -0.450 e. The fourth-order valence-electron chi connectivity index (χ4n) is 4.95. The molecular weight excluding hydrogens is 424 g/mol. The zero-order valence-corrected chi connectivity index (χ0v) is 19.2. The van der Waals surface area contributed by atoms with Gasteiger partial charge in [0.05, 0.1) is 17.7 Å². The predicted octanol–water partition coefficient (Wildman–Crippen LogP) is 2.01. The van der Waals surface area contributed by atoms with E-state index in [4.69, 9.17) is 4.74 Å². The van der Waals surface area contributed by atoms with Crippen molar-refractivity contribution in [2.45, 2.75) is 51.6 Å². The van der Waals surface area contributed by atoms with Crippen LogP contribution >= 0.6 is 0 Å². The number of fused-ring (bicyclic) bond motifs is 1. The van der Waals surface area contributed by atoms with Crippen molar-refractivity contribution in [1.82, 2.24) is 20.0 Å². The van der Waals surface area contributed by atoms with Crippen LogP contribution in [0.25, 0.3) is 0 Å². The molecule has 1 N–H and O–H groups in total. The third-order valence-electron chi connectivity index (χ3n) is 6.70. The van der Waals surface area contributed by atoms with Gasteiger partial charge in [0, 0.05) is 51.7 Å². The largest absolute Gasteiger partial charge is 0.450 e. The molecule has 0 radical (unpaired) electrons. The Balaban J connectivity index is 1.33. The van der Waals surface area contributed by atoms with Crippen LogP contribution < -0.4 is 5.32 Å². The molecule has 0 aliphatic carbocycles. The van der Waals surface area contributed by atoms with Gasteiger partial charge in [-0.2, -0.15) is 0 Å². The van der Waals surface area contributed by atoms with Crippen molar-refractivity contribution < 1.29 is 23.9 Å². The quantitative estimate of drug-likeness (QED) is 0.633. The van der Waals surface area contributed by atoms with Crippen LogP contribution in [0.3, 0.4) is 0 Å². The summed E-state index contributed by atoms with van der Waals surface area (Å²) in [4.78, 5) is 55.1. The molecule has 0 unspecified atom stereocenters. The molecule has 0 bridgehead atoms. The van der Waals surface area contributed by atoms with Crippen LogP contribution in [0.4, 0.5) is 4.79 Å². The Morgan fingerprint density at radius 3 is 2.64 bits per heavy atom. The highest BCUT2D eigenvalue weighted by Crippen LogP contribution is 2.31. The van der Waals surface area contributed by atoms with Crippen LogP contribution in [-0.4, -0.2) is 83.9 Å². The normalized spacial score (nSPS) is 18.6. The van der Waals surface area contributed by atoms with E-state index in [2.05, 4.69) is 5.32 Å². The van der Waals surface area contributed by atoms with Crippen LogP contribution in [-0.2, 0) is 16.1 Å². The maximum atomic E-state index is 13.3. The molecule has 3 aliphatic heterocycles. The second kappa shape index (κ2) is 10.2. The molecule has 0 atom stereocenters. The standard InChI is InChI=1S/C24H32N4O5/c1-2-33-24(32)27-14-9-18(10-15-27)28-16-17-6-3-7-19(21(17)23(28)31)22(30)25-11-5-13-26-12-4-8-20(26)29/h3,6-7,18H,2,4-5,8-16H2,1H3,(H,25,30). The Morgan fingerprint density at radius 1 is 1.15 bits per heavy atom. The highest BCUT2D eigenvalue weighted by atomic mass is 16.6. The second-order valence-corrected chi connectivity index (χ2v) is 8.78. The van der Waals surface area contributed by atoms with Gasteiger partial charge in [0.1, 0.15) is 0 Å². The number of hydrogen-bond acceptors (Lipinski definition) is 5. The Hall–Kier alpha value is -3.10. The summed E-state index contributed by atoms with van der Waals surface area (Å²) in [5.74, 6) is -0.194. The van der Waals surface area contributed by atoms with Gasteiger partial charge in [-0.1, -0.05) is 12.1 Å². The van der Waals surface area contributed by atoms with Crippen molar-refractivity contribution in [2.75, 3.05) is 39.3 Å². The lowest BCUT2D eigenvalue weighted by atomic mass is 10.0. The minimum atomic E-state index is -0.306. The molecule has 2 fully saturated rings. The maximum absolute atomic E-state index is 13.3. The number of ether oxygens (including phenoxy) is 1. The number of likely N-dealkylation sites (tertiary alicyclic amines) is 2. The fraction of sp³-hybridized carbons (Fsp3) is 0.583. The first-order valence-corrected chi connectivity index (χ1v) is 11.9. The van der Waals surface area contributed by atoms with Gasteiger partial charge in [-0.25, -0.2) is 4.79 Å². The van der Waals surface area contributed by atoms with E-state index < -0.39 is 0 Å². The number of carbonyl (C=O) groups is 4. The average molecular weight is 457 g/mol. The summed E-state index contributed by atoms with van der Waals surface area (Å²) < 4.78 is 5.07. The summed E-state index contributed by atoms with van der Waals surface area (Å²) in [7, 11) is 0. The summed E-state index contributed by atoms with van der Waals surface area (Å²) in [6.07, 6.45) is 3.28. The number of hydrogen-bond donors (Lipinski definition) is 1. The number of benzene rings is 1. The van der Waals surface area contributed by atoms with Gasteiger partial charge < -0.3 is 24.8 Å². The third kappa shape index (κ3) is 4.96. The molecule has 0 aromatic heterocycles. The molecule has 1 aromatic carbocycles. The first kappa shape index (κ1) is 23.1. The zero-order chi connectivity index (χ0) is 23.4. The van der Waals surface area contributed by atoms with Crippen molar-refractivity contribution in [3.05, 3.63) is 34.9 Å². The molecule has 33 heavy (non-hydrogen) atoms. The zero-order valence-electron chi connectivity index (χ0n) is 19.2. The minimum absolute atomic E-state index is 0.0319. The van der Waals surface area contributed by atoms with Gasteiger partial charge in [-0.15, -0.1) is 0 Å². The Morgan fingerprint density at radius 2 is 1.94 bits per heavy atom. The number of amides is 4. The van der Waals surface area contributed by atoms with Crippen LogP contribution in [0.1, 0.15) is 65.3 Å². The van der Waals surface area contributed by atoms with E-state index in [0.717, 1.165) is 18.5 Å². The first-order chi connectivity index (χ1) is 16.0. The molecule has 4 amide bonds. The van der Waals surface area contributed by atoms with Crippen LogP contribution in [0.2, 0.25) is 0 Å². The van der Waals surface area contributed by atoms with Crippen LogP contribution in [0.5, 0.6) is 0 Å². The summed E-state index contributed by atoms with van der Waals surface area (Å²) in [6, 6.07) is 5.45. The molecule has 4 rings (SSSR count). The van der Waals surface area contributed by atoms with Gasteiger partial charge in [0.15, 0.2) is 0 Å². The number of nitrogens with one attached hydrogen (secondary N) is 1. The summed E-state index contributed by atoms with van der Waals surface area (Å²) in [5.41, 5.74) is 1.75. The van der Waals surface area contributed by atoms with E-state index in [0.29, 0.717) is 76.1 Å². The van der Waals surface area contributed by atoms with E-state index in [1.54, 1.807) is 17.9 Å². The molecule has 178 valence electrons. The number of nitrogens with zero attached hydrogens (tertiary/aromatic N) is 3. The van der Waals surface area contributed by atoms with Crippen LogP contribution in [0, 0.1) is 0 Å². The molecular formula is C24H32N4O5. The number of piperidine rings is 1. The number of carbonyl (C=O) groups excluding carboxylic acids is 4. The third-order valence-corrected chi connectivity index (χ3v) is 6.70. The van der Waals surface area contributed by atoms with Crippen molar-refractivity contribution in [3.63, 3.8) is 0 Å². The molecule has 9 nitrogen and oxygen atoms in total. The lowest BCUT2D eigenvalue weighted by molar-refractivity contribution is -0.127. The predicted molar refractivity (Wildman–Crippen MR) is 121 cm³/mol. The molecule has 3 aliphatic rings. The van der Waals surface area contributed by atoms with Gasteiger partial charge in [0.2, 0.25) is 5.91 Å². The lowest BCUT2D eigenvalue weighted by Crippen LogP contribution is -2.47. The highest BCUT2D eigenvalue weighted by molar-refractivity contribution is 6.09. The van der Waals surface area contributed by atoms with Gasteiger partial charge in [-0.05, 0) is 44.2 Å². The SMILES string of the molecule is CCOC(=O)N1CCC(N2Cc3cccc(C(=O)NCCCN4CCCC4=O)c3C2=O)CC1. The smallest absolute Gasteiger partial charge is 0.409 e. The topological polar surface area (TPSA) is 99.3 Å². The van der Waals surface area contributed by atoms with Crippen molar-refractivity contribution >= 4 is 23.8 Å². The first-order valence-electron chi connectivity index (χ1n) is 11.9. The molecule has 3 heterocycles. The Labute approximate surface area is 194 Å². The van der Waals surface area contributed by atoms with E-state index in [-0.39, 0.29) is 29.9 Å².